The molecule has 0 bridgehead atoms. The van der Waals surface area contributed by atoms with E-state index >= 15 is 0 Å². The van der Waals surface area contributed by atoms with Crippen molar-refractivity contribution >= 4 is 68.9 Å². The van der Waals surface area contributed by atoms with Gasteiger partial charge in [-0.15, -0.1) is 0 Å². The second-order valence-corrected chi connectivity index (χ2v) is 9.71. The van der Waals surface area contributed by atoms with Gasteiger partial charge in [0.1, 0.15) is 24.5 Å². The molecule has 0 heterocycles. The SMILES string of the molecule is CCOc1ccc(NC(=O)CC(=O)NN=Cc2cc(I)c(OCc3ccc(C#N)cc3)c(I)c2)cc1. The molecule has 0 saturated heterocycles. The van der Waals surface area contributed by atoms with Crippen LogP contribution in [-0.4, -0.2) is 24.6 Å². The molecule has 0 radical (unpaired) electrons. The van der Waals surface area contributed by atoms with E-state index < -0.39 is 11.8 Å². The van der Waals surface area contributed by atoms with E-state index in [4.69, 9.17) is 14.7 Å². The Morgan fingerprint density at radius 3 is 2.28 bits per heavy atom. The summed E-state index contributed by atoms with van der Waals surface area (Å²) in [5.41, 5.74) is 5.28. The molecule has 184 valence electrons. The van der Waals surface area contributed by atoms with Crippen molar-refractivity contribution in [3.05, 3.63) is 84.5 Å². The topological polar surface area (TPSA) is 113 Å². The fourth-order valence-electron chi connectivity index (χ4n) is 2.99. The van der Waals surface area contributed by atoms with E-state index in [1.165, 1.54) is 6.21 Å². The fourth-order valence-corrected chi connectivity index (χ4v) is 5.12. The van der Waals surface area contributed by atoms with Gasteiger partial charge in [-0.05, 0) is 112 Å². The minimum Gasteiger partial charge on any atom is -0.494 e. The summed E-state index contributed by atoms with van der Waals surface area (Å²) >= 11 is 4.36. The number of hydrogen-bond acceptors (Lipinski definition) is 6. The summed E-state index contributed by atoms with van der Waals surface area (Å²) < 4.78 is 13.1. The zero-order valence-electron chi connectivity index (χ0n) is 19.3. The molecule has 0 unspecified atom stereocenters. The van der Waals surface area contributed by atoms with Gasteiger partial charge in [-0.1, -0.05) is 12.1 Å². The Bertz CT molecular complexity index is 1260. The molecule has 0 aliphatic carbocycles. The summed E-state index contributed by atoms with van der Waals surface area (Å²) in [5.74, 6) is 0.478. The Hall–Kier alpha value is -3.18. The highest BCUT2D eigenvalue weighted by molar-refractivity contribution is 14.1. The molecule has 3 aromatic carbocycles. The van der Waals surface area contributed by atoms with Gasteiger partial charge in [0.05, 0.1) is 31.6 Å². The van der Waals surface area contributed by atoms with Crippen molar-refractivity contribution < 1.29 is 19.1 Å². The summed E-state index contributed by atoms with van der Waals surface area (Å²) in [6, 6.07) is 20.0. The molecule has 8 nitrogen and oxygen atoms in total. The summed E-state index contributed by atoms with van der Waals surface area (Å²) in [7, 11) is 0. The first-order valence-electron chi connectivity index (χ1n) is 10.8. The molecule has 0 atom stereocenters. The van der Waals surface area contributed by atoms with Crippen molar-refractivity contribution in [2.24, 2.45) is 5.10 Å². The van der Waals surface area contributed by atoms with Crippen LogP contribution in [0.5, 0.6) is 11.5 Å². The van der Waals surface area contributed by atoms with Crippen LogP contribution in [0.4, 0.5) is 5.69 Å². The van der Waals surface area contributed by atoms with Crippen molar-refractivity contribution in [2.45, 2.75) is 20.0 Å². The summed E-state index contributed by atoms with van der Waals surface area (Å²) in [6.45, 7) is 2.82. The van der Waals surface area contributed by atoms with Crippen LogP contribution >= 0.6 is 45.2 Å². The van der Waals surface area contributed by atoms with E-state index in [0.29, 0.717) is 30.2 Å². The third kappa shape index (κ3) is 8.49. The lowest BCUT2D eigenvalue weighted by molar-refractivity contribution is -0.126. The molecule has 0 fully saturated rings. The first-order chi connectivity index (χ1) is 17.4. The van der Waals surface area contributed by atoms with Crippen molar-refractivity contribution in [2.75, 3.05) is 11.9 Å². The fraction of sp³-hybridized carbons (Fsp3) is 0.154. The van der Waals surface area contributed by atoms with E-state index in [-0.39, 0.29) is 6.42 Å². The number of benzene rings is 3. The minimum atomic E-state index is -0.526. The Balaban J connectivity index is 1.49. The quantitative estimate of drug-likeness (QED) is 0.130. The highest BCUT2D eigenvalue weighted by Crippen LogP contribution is 2.29. The van der Waals surface area contributed by atoms with Crippen LogP contribution in [0, 0.1) is 18.5 Å². The number of rotatable bonds is 10. The van der Waals surface area contributed by atoms with Gasteiger partial charge in [-0.25, -0.2) is 5.43 Å². The second kappa shape index (κ2) is 13.8. The number of nitriles is 1. The number of anilines is 1. The highest BCUT2D eigenvalue weighted by Gasteiger charge is 2.11. The van der Waals surface area contributed by atoms with Gasteiger partial charge >= 0.3 is 0 Å². The lowest BCUT2D eigenvalue weighted by atomic mass is 10.1. The number of carbonyl (C=O) groups is 2. The lowest BCUT2D eigenvalue weighted by Gasteiger charge is -2.11. The zero-order valence-corrected chi connectivity index (χ0v) is 23.6. The van der Waals surface area contributed by atoms with Crippen LogP contribution in [0.3, 0.4) is 0 Å². The molecule has 0 aliphatic rings. The van der Waals surface area contributed by atoms with Crippen LogP contribution in [0.2, 0.25) is 0 Å². The van der Waals surface area contributed by atoms with Crippen LogP contribution in [0.15, 0.2) is 65.8 Å². The molecular weight excluding hydrogens is 686 g/mol. The van der Waals surface area contributed by atoms with Crippen LogP contribution < -0.4 is 20.2 Å². The summed E-state index contributed by atoms with van der Waals surface area (Å²) in [6.07, 6.45) is 1.15. The van der Waals surface area contributed by atoms with E-state index in [1.54, 1.807) is 36.4 Å². The number of nitrogens with one attached hydrogen (secondary N) is 2. The number of hydrazone groups is 1. The standard InChI is InChI=1S/C26H22I2N4O4/c1-2-35-21-9-7-20(8-10-21)31-24(33)13-25(34)32-30-15-19-11-22(27)26(23(28)12-19)36-16-18-5-3-17(14-29)4-6-18/h3-12,15H,2,13,16H2,1H3,(H,31,33)(H,32,34). The van der Waals surface area contributed by atoms with Crippen LogP contribution in [0.1, 0.15) is 30.0 Å². The Kier molecular flexibility index (Phi) is 10.5. The molecule has 10 heteroatoms. The minimum absolute atomic E-state index is 0.359. The molecule has 0 spiro atoms. The largest absolute Gasteiger partial charge is 0.494 e. The molecule has 36 heavy (non-hydrogen) atoms. The predicted molar refractivity (Wildman–Crippen MR) is 154 cm³/mol. The normalized spacial score (nSPS) is 10.5. The number of halogens is 2. The molecule has 2 amide bonds. The van der Waals surface area contributed by atoms with Gasteiger partial charge in [0.2, 0.25) is 11.8 Å². The Labute approximate surface area is 236 Å². The van der Waals surface area contributed by atoms with Gasteiger partial charge in [0.15, 0.2) is 0 Å². The third-order valence-electron chi connectivity index (χ3n) is 4.66. The average molecular weight is 708 g/mol. The molecule has 3 aromatic rings. The molecule has 3 rings (SSSR count). The van der Waals surface area contributed by atoms with Crippen molar-refractivity contribution in [1.82, 2.24) is 5.43 Å². The number of ether oxygens (including phenoxy) is 2. The van der Waals surface area contributed by atoms with E-state index in [9.17, 15) is 9.59 Å². The maximum atomic E-state index is 12.1. The predicted octanol–water partition coefficient (Wildman–Crippen LogP) is 5.22. The van der Waals surface area contributed by atoms with Gasteiger partial charge < -0.3 is 14.8 Å². The zero-order chi connectivity index (χ0) is 25.9. The second-order valence-electron chi connectivity index (χ2n) is 7.39. The maximum Gasteiger partial charge on any atom is 0.249 e. The lowest BCUT2D eigenvalue weighted by Crippen LogP contribution is -2.24. The average Bonchev–Trinajstić information content (AvgIpc) is 2.85. The maximum absolute atomic E-state index is 12.1. The van der Waals surface area contributed by atoms with Crippen molar-refractivity contribution in [3.63, 3.8) is 0 Å². The van der Waals surface area contributed by atoms with E-state index in [0.717, 1.165) is 24.0 Å². The molecule has 0 saturated carbocycles. The molecule has 0 aliphatic heterocycles. The molecule has 0 aromatic heterocycles. The smallest absolute Gasteiger partial charge is 0.249 e. The summed E-state index contributed by atoms with van der Waals surface area (Å²) in [4.78, 5) is 24.2. The number of carbonyl (C=O) groups excluding carboxylic acids is 2. The van der Waals surface area contributed by atoms with Gasteiger partial charge in [-0.3, -0.25) is 9.59 Å². The monoisotopic (exact) mass is 708 g/mol. The van der Waals surface area contributed by atoms with Gasteiger partial charge in [-0.2, -0.15) is 10.4 Å². The Morgan fingerprint density at radius 1 is 1.00 bits per heavy atom. The molecular formula is C26H22I2N4O4. The number of nitrogens with zero attached hydrogens (tertiary/aromatic N) is 2. The highest BCUT2D eigenvalue weighted by atomic mass is 127. The van der Waals surface area contributed by atoms with Crippen LogP contribution in [-0.2, 0) is 16.2 Å². The third-order valence-corrected chi connectivity index (χ3v) is 6.26. The van der Waals surface area contributed by atoms with Gasteiger partial charge in [0, 0.05) is 5.69 Å². The van der Waals surface area contributed by atoms with E-state index in [2.05, 4.69) is 67.1 Å². The van der Waals surface area contributed by atoms with Crippen molar-refractivity contribution in [1.29, 1.82) is 5.26 Å². The van der Waals surface area contributed by atoms with Gasteiger partial charge in [0.25, 0.3) is 0 Å². The summed E-state index contributed by atoms with van der Waals surface area (Å²) in [5, 5.41) is 15.5. The van der Waals surface area contributed by atoms with E-state index in [1.807, 2.05) is 31.2 Å². The Morgan fingerprint density at radius 2 is 1.67 bits per heavy atom. The molecule has 2 N–H and O–H groups in total. The number of amides is 2. The first kappa shape index (κ1) is 27.4. The van der Waals surface area contributed by atoms with Crippen molar-refractivity contribution in [3.8, 4) is 17.6 Å². The first-order valence-corrected chi connectivity index (χ1v) is 13.0. The van der Waals surface area contributed by atoms with Crippen LogP contribution in [0.25, 0.3) is 0 Å². The number of hydrogen-bond donors (Lipinski definition) is 2.